The Hall–Kier alpha value is -2.10. The molecule has 7 nitrogen and oxygen atoms in total. The summed E-state index contributed by atoms with van der Waals surface area (Å²) in [5.74, 6) is 0.453. The lowest BCUT2D eigenvalue weighted by molar-refractivity contribution is 0.0711. The van der Waals surface area contributed by atoms with Gasteiger partial charge < -0.3 is 15.7 Å². The maximum Gasteiger partial charge on any atom is 0.236 e. The molecule has 0 amide bonds. The zero-order valence-electron chi connectivity index (χ0n) is 16.8. The van der Waals surface area contributed by atoms with Gasteiger partial charge in [-0.25, -0.2) is 13.4 Å². The number of thiophene rings is 1. The Bertz CT molecular complexity index is 940. The predicted octanol–water partition coefficient (Wildman–Crippen LogP) is 1.90. The van der Waals surface area contributed by atoms with Crippen molar-refractivity contribution in [3.8, 4) is 0 Å². The first-order valence-corrected chi connectivity index (χ1v) is 12.2. The number of para-hydroxylation sites is 1. The van der Waals surface area contributed by atoms with Crippen molar-refractivity contribution in [3.05, 3.63) is 52.2 Å². The van der Waals surface area contributed by atoms with Gasteiger partial charge in [-0.3, -0.25) is 4.31 Å². The highest BCUT2D eigenvalue weighted by molar-refractivity contribution is 7.92. The Morgan fingerprint density at radius 2 is 2.07 bits per heavy atom. The van der Waals surface area contributed by atoms with Crippen LogP contribution in [0.1, 0.15) is 24.3 Å². The lowest BCUT2D eigenvalue weighted by Crippen LogP contribution is -2.42. The van der Waals surface area contributed by atoms with Crippen LogP contribution >= 0.6 is 11.3 Å². The average Bonchev–Trinajstić information content (AvgIpc) is 3.36. The summed E-state index contributed by atoms with van der Waals surface area (Å²) in [6.07, 6.45) is 0.741. The number of anilines is 1. The minimum absolute atomic E-state index is 0.0347. The van der Waals surface area contributed by atoms with E-state index in [9.17, 15) is 13.5 Å². The summed E-state index contributed by atoms with van der Waals surface area (Å²) in [6.45, 7) is 5.19. The smallest absolute Gasteiger partial charge is 0.236 e. The average molecular weight is 437 g/mol. The maximum absolute atomic E-state index is 12.8. The molecule has 1 aromatic carbocycles. The molecule has 0 saturated heterocycles. The summed E-state index contributed by atoms with van der Waals surface area (Å²) < 4.78 is 27.1. The SMILES string of the molecule is CCNC(=NCC(C)(O)c1cccs1)NCCS(=O)(=O)N1CCc2ccccc21. The van der Waals surface area contributed by atoms with Crippen molar-refractivity contribution < 1.29 is 13.5 Å². The fraction of sp³-hybridized carbons (Fsp3) is 0.450. The number of aliphatic imine (C=N–C) groups is 1. The highest BCUT2D eigenvalue weighted by Gasteiger charge is 2.29. The van der Waals surface area contributed by atoms with E-state index in [0.29, 0.717) is 19.0 Å². The van der Waals surface area contributed by atoms with Gasteiger partial charge in [-0.15, -0.1) is 11.3 Å². The van der Waals surface area contributed by atoms with Crippen LogP contribution in [0, 0.1) is 0 Å². The molecule has 3 rings (SSSR count). The van der Waals surface area contributed by atoms with Crippen LogP contribution in [0.5, 0.6) is 0 Å². The van der Waals surface area contributed by atoms with Crippen molar-refractivity contribution >= 4 is 33.0 Å². The first-order chi connectivity index (χ1) is 13.8. The number of guanidine groups is 1. The molecule has 0 bridgehead atoms. The van der Waals surface area contributed by atoms with Gasteiger partial charge in [-0.05, 0) is 43.3 Å². The zero-order valence-corrected chi connectivity index (χ0v) is 18.4. The van der Waals surface area contributed by atoms with Crippen LogP contribution in [0.2, 0.25) is 0 Å². The van der Waals surface area contributed by atoms with Crippen LogP contribution in [0.4, 0.5) is 5.69 Å². The van der Waals surface area contributed by atoms with Crippen LogP contribution in [0.25, 0.3) is 0 Å². The Morgan fingerprint density at radius 3 is 2.79 bits per heavy atom. The summed E-state index contributed by atoms with van der Waals surface area (Å²) in [5, 5.41) is 18.7. The van der Waals surface area contributed by atoms with E-state index >= 15 is 0 Å². The predicted molar refractivity (Wildman–Crippen MR) is 119 cm³/mol. The third kappa shape index (κ3) is 5.29. The second-order valence-electron chi connectivity index (χ2n) is 7.14. The van der Waals surface area contributed by atoms with E-state index < -0.39 is 15.6 Å². The summed E-state index contributed by atoms with van der Waals surface area (Å²) in [6, 6.07) is 11.4. The number of sulfonamides is 1. The quantitative estimate of drug-likeness (QED) is 0.434. The van der Waals surface area contributed by atoms with E-state index in [1.807, 2.05) is 48.7 Å². The fourth-order valence-corrected chi connectivity index (χ4v) is 5.45. The molecule has 1 atom stereocenters. The van der Waals surface area contributed by atoms with Crippen LogP contribution in [0.15, 0.2) is 46.8 Å². The van der Waals surface area contributed by atoms with E-state index in [-0.39, 0.29) is 18.8 Å². The molecule has 2 heterocycles. The number of benzene rings is 1. The standard InChI is InChI=1S/C20H28N4O3S2/c1-3-21-19(23-15-20(2,25)18-9-6-13-28-18)22-11-14-29(26,27)24-12-10-16-7-4-5-8-17(16)24/h4-9,13,25H,3,10-12,14-15H2,1-2H3,(H2,21,22,23). The second-order valence-corrected chi connectivity index (χ2v) is 10.1. The topological polar surface area (TPSA) is 94.0 Å². The van der Waals surface area contributed by atoms with E-state index in [0.717, 1.165) is 22.5 Å². The van der Waals surface area contributed by atoms with E-state index in [2.05, 4.69) is 15.6 Å². The lowest BCUT2D eigenvalue weighted by atomic mass is 10.1. The van der Waals surface area contributed by atoms with E-state index in [4.69, 9.17) is 0 Å². The Labute approximate surface area is 176 Å². The van der Waals surface area contributed by atoms with Crippen LogP contribution < -0.4 is 14.9 Å². The number of nitrogens with one attached hydrogen (secondary N) is 2. The van der Waals surface area contributed by atoms with Gasteiger partial charge in [0, 0.05) is 24.5 Å². The highest BCUT2D eigenvalue weighted by atomic mass is 32.2. The molecule has 0 spiro atoms. The van der Waals surface area contributed by atoms with Gasteiger partial charge in [-0.2, -0.15) is 0 Å². The molecule has 1 aliphatic heterocycles. The van der Waals surface area contributed by atoms with Crippen molar-refractivity contribution in [2.45, 2.75) is 25.9 Å². The largest absolute Gasteiger partial charge is 0.383 e. The highest BCUT2D eigenvalue weighted by Crippen LogP contribution is 2.30. The number of nitrogens with zero attached hydrogens (tertiary/aromatic N) is 2. The van der Waals surface area contributed by atoms with Crippen LogP contribution in [-0.4, -0.2) is 51.4 Å². The van der Waals surface area contributed by atoms with Crippen molar-refractivity contribution in [2.75, 3.05) is 36.2 Å². The number of hydrogen-bond donors (Lipinski definition) is 3. The minimum atomic E-state index is -3.42. The van der Waals surface area contributed by atoms with Crippen molar-refractivity contribution in [3.63, 3.8) is 0 Å². The molecule has 0 aliphatic carbocycles. The molecule has 2 aromatic rings. The molecule has 1 aliphatic rings. The first kappa shape index (κ1) is 21.6. The summed E-state index contributed by atoms with van der Waals surface area (Å²) in [7, 11) is -3.42. The Morgan fingerprint density at radius 1 is 1.28 bits per heavy atom. The molecule has 1 unspecified atom stereocenters. The zero-order chi connectivity index (χ0) is 20.9. The summed E-state index contributed by atoms with van der Waals surface area (Å²) >= 11 is 1.48. The normalized spacial score (nSPS) is 16.4. The van der Waals surface area contributed by atoms with Crippen LogP contribution in [0.3, 0.4) is 0 Å². The third-order valence-electron chi connectivity index (χ3n) is 4.77. The number of aliphatic hydroxyl groups is 1. The maximum atomic E-state index is 12.8. The Balaban J connectivity index is 1.59. The molecule has 0 fully saturated rings. The van der Waals surface area contributed by atoms with Gasteiger partial charge in [0.25, 0.3) is 0 Å². The van der Waals surface area contributed by atoms with E-state index in [1.165, 1.54) is 15.6 Å². The first-order valence-electron chi connectivity index (χ1n) is 9.70. The summed E-state index contributed by atoms with van der Waals surface area (Å²) in [4.78, 5) is 5.28. The third-order valence-corrected chi connectivity index (χ3v) is 7.67. The van der Waals surface area contributed by atoms with Crippen molar-refractivity contribution in [1.29, 1.82) is 0 Å². The molecule has 29 heavy (non-hydrogen) atoms. The number of rotatable bonds is 8. The number of hydrogen-bond acceptors (Lipinski definition) is 5. The molecule has 0 saturated carbocycles. The van der Waals surface area contributed by atoms with Gasteiger partial charge in [0.15, 0.2) is 5.96 Å². The molecule has 3 N–H and O–H groups in total. The van der Waals surface area contributed by atoms with E-state index in [1.54, 1.807) is 6.92 Å². The van der Waals surface area contributed by atoms with Gasteiger partial charge in [0.2, 0.25) is 10.0 Å². The molecular weight excluding hydrogens is 408 g/mol. The fourth-order valence-electron chi connectivity index (χ4n) is 3.24. The molecule has 1 aromatic heterocycles. The van der Waals surface area contributed by atoms with Gasteiger partial charge in [-0.1, -0.05) is 24.3 Å². The van der Waals surface area contributed by atoms with Crippen molar-refractivity contribution in [1.82, 2.24) is 10.6 Å². The number of fused-ring (bicyclic) bond motifs is 1. The summed E-state index contributed by atoms with van der Waals surface area (Å²) in [5.41, 5.74) is 0.775. The molecular formula is C20H28N4O3S2. The Kier molecular flexibility index (Phi) is 6.81. The minimum Gasteiger partial charge on any atom is -0.383 e. The lowest BCUT2D eigenvalue weighted by Gasteiger charge is -2.21. The van der Waals surface area contributed by atoms with Crippen LogP contribution in [-0.2, 0) is 22.0 Å². The second kappa shape index (κ2) is 9.15. The monoisotopic (exact) mass is 436 g/mol. The van der Waals surface area contributed by atoms with Gasteiger partial charge >= 0.3 is 0 Å². The molecule has 0 radical (unpaired) electrons. The molecule has 158 valence electrons. The van der Waals surface area contributed by atoms with Gasteiger partial charge in [0.05, 0.1) is 18.0 Å². The molecule has 9 heteroatoms. The van der Waals surface area contributed by atoms with Crippen molar-refractivity contribution in [2.24, 2.45) is 4.99 Å². The van der Waals surface area contributed by atoms with Gasteiger partial charge in [0.1, 0.15) is 5.60 Å².